The molecule has 0 aliphatic rings. The van der Waals surface area contributed by atoms with Crippen LogP contribution in [0, 0.1) is 0 Å². The lowest BCUT2D eigenvalue weighted by Gasteiger charge is -2.29. The lowest BCUT2D eigenvalue weighted by molar-refractivity contribution is 0.575. The van der Waals surface area contributed by atoms with Gasteiger partial charge < -0.3 is 0 Å². The van der Waals surface area contributed by atoms with Crippen molar-refractivity contribution in [1.82, 2.24) is 0 Å². The lowest BCUT2D eigenvalue weighted by Crippen LogP contribution is -2.33. The van der Waals surface area contributed by atoms with Gasteiger partial charge in [-0.15, -0.1) is 0 Å². The van der Waals surface area contributed by atoms with Gasteiger partial charge in [-0.05, 0) is 108 Å². The predicted molar refractivity (Wildman–Crippen MR) is 250 cm³/mol. The van der Waals surface area contributed by atoms with Crippen LogP contribution in [0.5, 0.6) is 0 Å². The fourth-order valence-electron chi connectivity index (χ4n) is 8.71. The van der Waals surface area contributed by atoms with Gasteiger partial charge in [-0.1, -0.05) is 173 Å². The first-order valence-electron chi connectivity index (χ1n) is 20.9. The minimum absolute atomic E-state index is 0.983. The number of benzene rings is 7. The Hall–Kier alpha value is -4.60. The van der Waals surface area contributed by atoms with Gasteiger partial charge in [-0.25, -0.2) is 0 Å². The highest BCUT2D eigenvalue weighted by Gasteiger charge is 2.47. The van der Waals surface area contributed by atoms with E-state index in [1.165, 1.54) is 99.9 Å². The van der Waals surface area contributed by atoms with Crippen molar-refractivity contribution in [3.8, 4) is 0 Å². The minimum atomic E-state index is -2.08. The number of hydrogen-bond donors (Lipinski definition) is 0. The minimum Gasteiger partial charge on any atom is -0.0654 e. The van der Waals surface area contributed by atoms with E-state index in [9.17, 15) is 0 Å². The molecular weight excluding hydrogens is 711 g/mol. The van der Waals surface area contributed by atoms with Crippen LogP contribution < -0.4 is 31.8 Å². The van der Waals surface area contributed by atoms with Gasteiger partial charge in [0.1, 0.15) is 46.4 Å². The maximum absolute atomic E-state index is 2.60. The van der Waals surface area contributed by atoms with Crippen molar-refractivity contribution >= 4 is 46.4 Å². The van der Waals surface area contributed by atoms with Gasteiger partial charge in [0.05, 0.1) is 12.3 Å². The molecule has 0 unspecified atom stereocenters. The maximum Gasteiger partial charge on any atom is 0.116 e. The molecule has 0 fully saturated rings. The van der Waals surface area contributed by atoms with Gasteiger partial charge in [0.15, 0.2) is 0 Å². The van der Waals surface area contributed by atoms with E-state index < -0.39 is 14.5 Å². The van der Waals surface area contributed by atoms with Crippen LogP contribution in [0.1, 0.15) is 75.0 Å². The zero-order valence-corrected chi connectivity index (χ0v) is 35.0. The molecular formula is C54H58P2+2. The first kappa shape index (κ1) is 39.6. The maximum atomic E-state index is 2.60. The summed E-state index contributed by atoms with van der Waals surface area (Å²) in [7, 11) is -4.16. The highest BCUT2D eigenvalue weighted by Crippen LogP contribution is 2.60. The SMILES string of the molecule is CCCCCCCCCCc1cc(C[P+](c2ccccc2)(c2ccccc2)c2ccccc2)cc(C[P+](c2ccccc2)(c2ccccc2)c2ccccc2)c1. The topological polar surface area (TPSA) is 0 Å². The van der Waals surface area contributed by atoms with E-state index in [-0.39, 0.29) is 0 Å². The Morgan fingerprint density at radius 3 is 0.821 bits per heavy atom. The van der Waals surface area contributed by atoms with Crippen molar-refractivity contribution < 1.29 is 0 Å². The lowest BCUT2D eigenvalue weighted by atomic mass is 10.0. The molecule has 0 bridgehead atoms. The summed E-state index contributed by atoms with van der Waals surface area (Å²) in [4.78, 5) is 0. The molecule has 7 aromatic rings. The van der Waals surface area contributed by atoms with Crippen LogP contribution in [-0.2, 0) is 18.7 Å². The summed E-state index contributed by atoms with van der Waals surface area (Å²) in [6.45, 7) is 2.31. The fourth-order valence-corrected chi connectivity index (χ4v) is 17.1. The van der Waals surface area contributed by atoms with Crippen molar-refractivity contribution in [1.29, 1.82) is 0 Å². The zero-order chi connectivity index (χ0) is 38.3. The Bertz CT molecular complexity index is 1830. The van der Waals surface area contributed by atoms with Gasteiger partial charge >= 0.3 is 0 Å². The second-order valence-electron chi connectivity index (χ2n) is 15.3. The van der Waals surface area contributed by atoms with Crippen LogP contribution in [0.3, 0.4) is 0 Å². The number of hydrogen-bond acceptors (Lipinski definition) is 0. The van der Waals surface area contributed by atoms with Gasteiger partial charge in [0.2, 0.25) is 0 Å². The standard InChI is InChI=1S/C54H58P2/c1-2-3-4-5-6-7-8-15-28-46-41-47(44-55(49-29-16-9-17-30-49,50-31-18-10-19-32-50)51-33-20-11-21-34-51)43-48(42-46)45-56(52-35-22-12-23-36-52,53-37-24-13-25-38-53)54-39-26-14-27-40-54/h9-14,16-27,29-43H,2-8,15,28,44-45H2,1H3/q+2. The second-order valence-corrected chi connectivity index (χ2v) is 22.3. The molecule has 0 heterocycles. The molecule has 0 nitrogen and oxygen atoms in total. The van der Waals surface area contributed by atoms with E-state index >= 15 is 0 Å². The summed E-state index contributed by atoms with van der Waals surface area (Å²) < 4.78 is 0. The number of unbranched alkanes of at least 4 members (excludes halogenated alkanes) is 7. The van der Waals surface area contributed by atoms with E-state index in [4.69, 9.17) is 0 Å². The molecule has 7 rings (SSSR count). The molecule has 0 aliphatic heterocycles. The van der Waals surface area contributed by atoms with Crippen molar-refractivity contribution in [2.45, 2.75) is 77.0 Å². The molecule has 0 saturated heterocycles. The van der Waals surface area contributed by atoms with Crippen LogP contribution in [0.25, 0.3) is 0 Å². The zero-order valence-electron chi connectivity index (χ0n) is 33.2. The van der Waals surface area contributed by atoms with Crippen LogP contribution in [-0.4, -0.2) is 0 Å². The predicted octanol–water partition coefficient (Wildman–Crippen LogP) is 12.4. The largest absolute Gasteiger partial charge is 0.116 e. The normalized spacial score (nSPS) is 11.7. The quantitative estimate of drug-likeness (QED) is 0.0568. The summed E-state index contributed by atoms with van der Waals surface area (Å²) >= 11 is 0. The van der Waals surface area contributed by atoms with Crippen molar-refractivity contribution in [3.63, 3.8) is 0 Å². The molecule has 56 heavy (non-hydrogen) atoms. The Kier molecular flexibility index (Phi) is 14.2. The number of aryl methyl sites for hydroxylation is 1. The van der Waals surface area contributed by atoms with Crippen LogP contribution in [0.15, 0.2) is 200 Å². The van der Waals surface area contributed by atoms with Crippen molar-refractivity contribution in [2.75, 3.05) is 0 Å². The molecule has 7 aromatic carbocycles. The van der Waals surface area contributed by atoms with Crippen LogP contribution >= 0.6 is 14.5 Å². The highest BCUT2D eigenvalue weighted by atomic mass is 31.2. The summed E-state index contributed by atoms with van der Waals surface area (Å²) in [6.07, 6.45) is 13.8. The highest BCUT2D eigenvalue weighted by molar-refractivity contribution is 7.95. The third-order valence-electron chi connectivity index (χ3n) is 11.5. The van der Waals surface area contributed by atoms with E-state index in [0.29, 0.717) is 0 Å². The van der Waals surface area contributed by atoms with Gasteiger partial charge in [0.25, 0.3) is 0 Å². The Morgan fingerprint density at radius 1 is 0.286 bits per heavy atom. The molecule has 0 aromatic heterocycles. The van der Waals surface area contributed by atoms with E-state index in [0.717, 1.165) is 18.7 Å². The second kappa shape index (κ2) is 20.0. The van der Waals surface area contributed by atoms with Gasteiger partial charge in [-0.2, -0.15) is 0 Å². The first-order chi connectivity index (χ1) is 27.7. The van der Waals surface area contributed by atoms with Gasteiger partial charge in [-0.3, -0.25) is 0 Å². The Morgan fingerprint density at radius 2 is 0.536 bits per heavy atom. The average Bonchev–Trinajstić information content (AvgIpc) is 3.27. The molecule has 282 valence electrons. The molecule has 0 atom stereocenters. The van der Waals surface area contributed by atoms with E-state index in [2.05, 4.69) is 207 Å². The average molecular weight is 769 g/mol. The molecule has 0 radical (unpaired) electrons. The van der Waals surface area contributed by atoms with Crippen LogP contribution in [0.4, 0.5) is 0 Å². The number of rotatable bonds is 19. The summed E-state index contributed by atoms with van der Waals surface area (Å²) in [5, 5.41) is 8.62. The van der Waals surface area contributed by atoms with E-state index in [1.807, 2.05) is 0 Å². The first-order valence-corrected chi connectivity index (χ1v) is 24.9. The smallest absolute Gasteiger partial charge is 0.0654 e. The molecule has 0 spiro atoms. The molecule has 0 N–H and O–H groups in total. The van der Waals surface area contributed by atoms with Gasteiger partial charge in [0, 0.05) is 0 Å². The summed E-state index contributed by atoms with van der Waals surface area (Å²) in [6, 6.07) is 76.2. The van der Waals surface area contributed by atoms with Crippen LogP contribution in [0.2, 0.25) is 0 Å². The molecule has 0 amide bonds. The van der Waals surface area contributed by atoms with Crippen molar-refractivity contribution in [2.24, 2.45) is 0 Å². The summed E-state index contributed by atoms with van der Waals surface area (Å²) in [5.41, 5.74) is 4.39. The Balaban J connectivity index is 1.36. The Labute approximate surface area is 338 Å². The third kappa shape index (κ3) is 9.32. The molecule has 2 heteroatoms. The molecule has 0 aliphatic carbocycles. The molecule has 0 saturated carbocycles. The van der Waals surface area contributed by atoms with Crippen molar-refractivity contribution in [3.05, 3.63) is 217 Å². The summed E-state index contributed by atoms with van der Waals surface area (Å²) in [5.74, 6) is 0. The van der Waals surface area contributed by atoms with E-state index in [1.54, 1.807) is 0 Å². The monoisotopic (exact) mass is 768 g/mol. The third-order valence-corrected chi connectivity index (χ3v) is 20.2. The fraction of sp³-hybridized carbons (Fsp3) is 0.222.